The predicted octanol–water partition coefficient (Wildman–Crippen LogP) is 3.81. The maximum Gasteiger partial charge on any atom is 0.244 e. The summed E-state index contributed by atoms with van der Waals surface area (Å²) in [6, 6.07) is 15.1. The van der Waals surface area contributed by atoms with Crippen molar-refractivity contribution >= 4 is 23.6 Å². The SMILES string of the molecule is CC(NC(=O)C=Cc1ccccc1Cl)c1ccc(-n2cncn2)cc1. The topological polar surface area (TPSA) is 59.8 Å². The molecule has 0 aliphatic heterocycles. The fraction of sp³-hybridized carbons (Fsp3) is 0.105. The summed E-state index contributed by atoms with van der Waals surface area (Å²) in [5, 5.41) is 7.64. The first-order valence-corrected chi connectivity index (χ1v) is 8.19. The molecular weight excluding hydrogens is 336 g/mol. The van der Waals surface area contributed by atoms with Crippen LogP contribution in [0.3, 0.4) is 0 Å². The van der Waals surface area contributed by atoms with Crippen molar-refractivity contribution in [3.8, 4) is 5.69 Å². The Hall–Kier alpha value is -2.92. The normalized spacial score (nSPS) is 12.2. The Morgan fingerprint density at radius 2 is 1.96 bits per heavy atom. The Morgan fingerprint density at radius 1 is 1.20 bits per heavy atom. The van der Waals surface area contributed by atoms with Gasteiger partial charge in [-0.25, -0.2) is 9.67 Å². The molecule has 0 fully saturated rings. The smallest absolute Gasteiger partial charge is 0.244 e. The van der Waals surface area contributed by atoms with Gasteiger partial charge in [-0.05, 0) is 42.3 Å². The van der Waals surface area contributed by atoms with E-state index in [-0.39, 0.29) is 11.9 Å². The Bertz CT molecular complexity index is 873. The van der Waals surface area contributed by atoms with Gasteiger partial charge < -0.3 is 5.32 Å². The molecule has 3 rings (SSSR count). The third kappa shape index (κ3) is 4.33. The first-order chi connectivity index (χ1) is 12.1. The molecule has 0 saturated heterocycles. The van der Waals surface area contributed by atoms with Crippen LogP contribution in [-0.4, -0.2) is 20.7 Å². The van der Waals surface area contributed by atoms with Gasteiger partial charge in [0.2, 0.25) is 5.91 Å². The van der Waals surface area contributed by atoms with Gasteiger partial charge in [-0.3, -0.25) is 4.79 Å². The van der Waals surface area contributed by atoms with Crippen molar-refractivity contribution in [2.24, 2.45) is 0 Å². The molecule has 126 valence electrons. The molecule has 1 aromatic heterocycles. The second-order valence-corrected chi connectivity index (χ2v) is 5.92. The van der Waals surface area contributed by atoms with Gasteiger partial charge in [0.05, 0.1) is 11.7 Å². The number of hydrogen-bond donors (Lipinski definition) is 1. The van der Waals surface area contributed by atoms with E-state index in [1.165, 1.54) is 12.4 Å². The van der Waals surface area contributed by atoms with Crippen molar-refractivity contribution in [3.63, 3.8) is 0 Å². The van der Waals surface area contributed by atoms with Crippen molar-refractivity contribution in [2.75, 3.05) is 0 Å². The number of rotatable bonds is 5. The lowest BCUT2D eigenvalue weighted by atomic mass is 10.1. The van der Waals surface area contributed by atoms with E-state index in [4.69, 9.17) is 11.6 Å². The molecule has 0 bridgehead atoms. The monoisotopic (exact) mass is 352 g/mol. The molecule has 1 N–H and O–H groups in total. The highest BCUT2D eigenvalue weighted by atomic mass is 35.5. The number of carbonyl (C=O) groups is 1. The lowest BCUT2D eigenvalue weighted by molar-refractivity contribution is -0.117. The standard InChI is InChI=1S/C19H17ClN4O/c1-14(15-6-9-17(10-7-15)24-13-21-12-22-24)23-19(25)11-8-16-4-2-3-5-18(16)20/h2-14H,1H3,(H,23,25). The average molecular weight is 353 g/mol. The zero-order valence-electron chi connectivity index (χ0n) is 13.6. The van der Waals surface area contributed by atoms with Crippen LogP contribution in [0.25, 0.3) is 11.8 Å². The highest BCUT2D eigenvalue weighted by molar-refractivity contribution is 6.32. The summed E-state index contributed by atoms with van der Waals surface area (Å²) in [5.74, 6) is -0.173. The van der Waals surface area contributed by atoms with Gasteiger partial charge >= 0.3 is 0 Å². The Labute approximate surface area is 151 Å². The Kier molecular flexibility index (Phi) is 5.26. The maximum atomic E-state index is 12.1. The van der Waals surface area contributed by atoms with Gasteiger partial charge in [0.15, 0.2) is 0 Å². The van der Waals surface area contributed by atoms with Crippen LogP contribution in [0.5, 0.6) is 0 Å². The molecule has 5 nitrogen and oxygen atoms in total. The number of halogens is 1. The molecule has 1 amide bonds. The number of benzene rings is 2. The molecule has 1 atom stereocenters. The summed E-state index contributed by atoms with van der Waals surface area (Å²) in [7, 11) is 0. The van der Waals surface area contributed by atoms with E-state index in [9.17, 15) is 4.79 Å². The third-order valence-electron chi connectivity index (χ3n) is 3.75. The highest BCUT2D eigenvalue weighted by Crippen LogP contribution is 2.17. The third-order valence-corrected chi connectivity index (χ3v) is 4.10. The largest absolute Gasteiger partial charge is 0.346 e. The van der Waals surface area contributed by atoms with Crippen LogP contribution in [0.1, 0.15) is 24.1 Å². The van der Waals surface area contributed by atoms with Crippen molar-refractivity contribution in [1.29, 1.82) is 0 Å². The molecule has 0 saturated carbocycles. The Balaban J connectivity index is 1.62. The number of hydrogen-bond acceptors (Lipinski definition) is 3. The molecule has 0 aliphatic carbocycles. The Morgan fingerprint density at radius 3 is 2.64 bits per heavy atom. The minimum atomic E-state index is -0.173. The van der Waals surface area contributed by atoms with Gasteiger partial charge in [0.1, 0.15) is 12.7 Å². The predicted molar refractivity (Wildman–Crippen MR) is 98.4 cm³/mol. The lowest BCUT2D eigenvalue weighted by Gasteiger charge is -2.13. The summed E-state index contributed by atoms with van der Waals surface area (Å²) in [6.07, 6.45) is 6.32. The van der Waals surface area contributed by atoms with E-state index in [1.807, 2.05) is 49.4 Å². The van der Waals surface area contributed by atoms with Gasteiger partial charge in [-0.2, -0.15) is 5.10 Å². The van der Waals surface area contributed by atoms with E-state index < -0.39 is 0 Å². The number of aromatic nitrogens is 3. The van der Waals surface area contributed by atoms with Crippen LogP contribution in [0.15, 0.2) is 67.3 Å². The second kappa shape index (κ2) is 7.77. The minimum Gasteiger partial charge on any atom is -0.346 e. The van der Waals surface area contributed by atoms with Crippen LogP contribution in [-0.2, 0) is 4.79 Å². The minimum absolute atomic E-state index is 0.117. The highest BCUT2D eigenvalue weighted by Gasteiger charge is 2.08. The van der Waals surface area contributed by atoms with Gasteiger partial charge in [-0.1, -0.05) is 41.9 Å². The molecule has 1 heterocycles. The zero-order valence-corrected chi connectivity index (χ0v) is 14.4. The molecule has 0 radical (unpaired) electrons. The van der Waals surface area contributed by atoms with Crippen molar-refractivity contribution < 1.29 is 4.79 Å². The van der Waals surface area contributed by atoms with Gasteiger partial charge in [0, 0.05) is 11.1 Å². The van der Waals surface area contributed by atoms with Crippen LogP contribution < -0.4 is 5.32 Å². The lowest BCUT2D eigenvalue weighted by Crippen LogP contribution is -2.24. The molecular formula is C19H17ClN4O. The summed E-state index contributed by atoms with van der Waals surface area (Å²) < 4.78 is 1.68. The van der Waals surface area contributed by atoms with E-state index >= 15 is 0 Å². The summed E-state index contributed by atoms with van der Waals surface area (Å²) >= 11 is 6.07. The molecule has 1 unspecified atom stereocenters. The van der Waals surface area contributed by atoms with E-state index in [1.54, 1.807) is 23.2 Å². The average Bonchev–Trinajstić information content (AvgIpc) is 3.16. The van der Waals surface area contributed by atoms with Gasteiger partial charge in [0.25, 0.3) is 0 Å². The summed E-state index contributed by atoms with van der Waals surface area (Å²) in [5.41, 5.74) is 2.73. The molecule has 6 heteroatoms. The molecule has 0 spiro atoms. The number of nitrogens with zero attached hydrogens (tertiary/aromatic N) is 3. The summed E-state index contributed by atoms with van der Waals surface area (Å²) in [6.45, 7) is 1.94. The van der Waals surface area contributed by atoms with E-state index in [0.717, 1.165) is 16.8 Å². The fourth-order valence-electron chi connectivity index (χ4n) is 2.38. The van der Waals surface area contributed by atoms with Crippen LogP contribution >= 0.6 is 11.6 Å². The zero-order chi connectivity index (χ0) is 17.6. The quantitative estimate of drug-likeness (QED) is 0.710. The number of carbonyl (C=O) groups excluding carboxylic acids is 1. The number of nitrogens with one attached hydrogen (secondary N) is 1. The number of amides is 1. The van der Waals surface area contributed by atoms with Crippen molar-refractivity contribution in [2.45, 2.75) is 13.0 Å². The fourth-order valence-corrected chi connectivity index (χ4v) is 2.58. The van der Waals surface area contributed by atoms with Crippen LogP contribution in [0.4, 0.5) is 0 Å². The van der Waals surface area contributed by atoms with E-state index in [0.29, 0.717) is 5.02 Å². The summed E-state index contributed by atoms with van der Waals surface area (Å²) in [4.78, 5) is 16.0. The maximum absolute atomic E-state index is 12.1. The van der Waals surface area contributed by atoms with E-state index in [2.05, 4.69) is 15.4 Å². The van der Waals surface area contributed by atoms with Crippen molar-refractivity contribution in [3.05, 3.63) is 83.4 Å². The molecule has 0 aliphatic rings. The second-order valence-electron chi connectivity index (χ2n) is 5.52. The first-order valence-electron chi connectivity index (χ1n) is 7.81. The van der Waals surface area contributed by atoms with Crippen LogP contribution in [0.2, 0.25) is 5.02 Å². The van der Waals surface area contributed by atoms with Crippen LogP contribution in [0, 0.1) is 0 Å². The molecule has 3 aromatic rings. The molecule has 2 aromatic carbocycles. The first kappa shape index (κ1) is 16.9. The molecule has 25 heavy (non-hydrogen) atoms. The van der Waals surface area contributed by atoms with Gasteiger partial charge in [-0.15, -0.1) is 0 Å². The van der Waals surface area contributed by atoms with Crippen molar-refractivity contribution in [1.82, 2.24) is 20.1 Å².